The van der Waals surface area contributed by atoms with Gasteiger partial charge in [0.05, 0.1) is 53.7 Å². The van der Waals surface area contributed by atoms with E-state index in [0.717, 1.165) is 21.5 Å². The average molecular weight is 897 g/mol. The van der Waals surface area contributed by atoms with Crippen LogP contribution in [0.3, 0.4) is 0 Å². The zero-order valence-electron chi connectivity index (χ0n) is 35.3. The number of anilines is 1. The van der Waals surface area contributed by atoms with E-state index in [0.29, 0.717) is 46.7 Å². The fraction of sp³-hybridized carbons (Fsp3) is 0.300. The van der Waals surface area contributed by atoms with Crippen molar-refractivity contribution in [1.82, 2.24) is 4.98 Å². The number of fused-ring (bicyclic) bond motifs is 3. The molecule has 64 heavy (non-hydrogen) atoms. The van der Waals surface area contributed by atoms with E-state index in [4.69, 9.17) is 9.16 Å². The lowest BCUT2D eigenvalue weighted by molar-refractivity contribution is -0.143. The van der Waals surface area contributed by atoms with Crippen LogP contribution in [0.5, 0.6) is 5.75 Å². The Balaban J connectivity index is 1.22. The average Bonchev–Trinajstić information content (AvgIpc) is 3.80. The van der Waals surface area contributed by atoms with E-state index in [1.807, 2.05) is 78.9 Å². The summed E-state index contributed by atoms with van der Waals surface area (Å²) in [7, 11) is -3.20. The second-order valence-corrected chi connectivity index (χ2v) is 21.8. The van der Waals surface area contributed by atoms with Crippen LogP contribution in [0.15, 0.2) is 139 Å². The summed E-state index contributed by atoms with van der Waals surface area (Å²) < 4.78 is 98.3. The molecule has 3 aliphatic rings. The van der Waals surface area contributed by atoms with Gasteiger partial charge >= 0.3 is 12.4 Å². The number of halogens is 6. The van der Waals surface area contributed by atoms with E-state index < -0.39 is 78.2 Å². The summed E-state index contributed by atoms with van der Waals surface area (Å²) in [4.78, 5) is 34.1. The second-order valence-electron chi connectivity index (χ2n) is 17.5. The Morgan fingerprint density at radius 3 is 1.95 bits per heavy atom. The zero-order valence-corrected chi connectivity index (χ0v) is 36.3. The van der Waals surface area contributed by atoms with E-state index in [9.17, 15) is 41.0 Å². The molecular weight excluding hydrogens is 851 g/mol. The number of pyridine rings is 1. The van der Waals surface area contributed by atoms with Gasteiger partial charge in [0.15, 0.2) is 0 Å². The molecule has 14 heteroatoms. The van der Waals surface area contributed by atoms with E-state index in [1.165, 1.54) is 0 Å². The third-order valence-electron chi connectivity index (χ3n) is 12.7. The minimum Gasteiger partial charge on any atom is -0.507 e. The number of hydrogen-bond acceptors (Lipinski definition) is 6. The molecule has 3 heterocycles. The molecule has 0 bridgehead atoms. The predicted octanol–water partition coefficient (Wildman–Crippen LogP) is 10.2. The van der Waals surface area contributed by atoms with Gasteiger partial charge in [-0.2, -0.15) is 26.3 Å². The number of phenolic OH excluding ortho intramolecular Hbond substituents is 1. The second kappa shape index (κ2) is 17.3. The number of benzene rings is 4. The SMILES string of the molecule is CC(C)(C)[Si](OCC1=C2[C@@H](CC/C(=C/c3ccccc3O)c3ccccn3)OC[C@@H]2[C@@H]2C(=O)N(c3cc(C(F)(F)F)cc(C(F)(F)F)c3)C(=O)[C@@H]2C1)(c1ccccc1)c1ccccc1. The number of carbonyl (C=O) groups is 2. The van der Waals surface area contributed by atoms with Crippen molar-refractivity contribution in [1.29, 1.82) is 0 Å². The Kier molecular flexibility index (Phi) is 12.1. The summed E-state index contributed by atoms with van der Waals surface area (Å²) in [6.45, 7) is 6.36. The van der Waals surface area contributed by atoms with Gasteiger partial charge in [0, 0.05) is 17.7 Å². The highest BCUT2D eigenvalue weighted by Crippen LogP contribution is 2.52. The smallest absolute Gasteiger partial charge is 0.416 e. The lowest BCUT2D eigenvalue weighted by Gasteiger charge is -2.44. The summed E-state index contributed by atoms with van der Waals surface area (Å²) in [6.07, 6.45) is -6.74. The molecule has 0 saturated carbocycles. The Labute approximate surface area is 368 Å². The maximum Gasteiger partial charge on any atom is 0.416 e. The lowest BCUT2D eigenvalue weighted by atomic mass is 9.69. The highest BCUT2D eigenvalue weighted by atomic mass is 28.4. The largest absolute Gasteiger partial charge is 0.507 e. The number of allylic oxidation sites excluding steroid dienone is 1. The first-order valence-electron chi connectivity index (χ1n) is 21.0. The summed E-state index contributed by atoms with van der Waals surface area (Å²) in [5.74, 6) is -4.62. The fourth-order valence-corrected chi connectivity index (χ4v) is 14.3. The number of imide groups is 1. The monoisotopic (exact) mass is 896 g/mol. The molecule has 4 atom stereocenters. The molecule has 2 amide bonds. The van der Waals surface area contributed by atoms with Gasteiger partial charge in [-0.1, -0.05) is 106 Å². The number of aromatic hydroxyl groups is 1. The molecule has 1 aliphatic carbocycles. The normalized spacial score (nSPS) is 20.8. The quantitative estimate of drug-likeness (QED) is 0.0615. The number of aromatic nitrogens is 1. The van der Waals surface area contributed by atoms with Gasteiger partial charge in [-0.15, -0.1) is 0 Å². The molecule has 0 radical (unpaired) electrons. The minimum absolute atomic E-state index is 0.0186. The number of ether oxygens (including phenoxy) is 1. The Hall–Kier alpha value is -5.83. The molecule has 332 valence electrons. The van der Waals surface area contributed by atoms with Gasteiger partial charge in [0.2, 0.25) is 11.8 Å². The molecule has 0 spiro atoms. The van der Waals surface area contributed by atoms with Crippen molar-refractivity contribution in [2.24, 2.45) is 17.8 Å². The van der Waals surface area contributed by atoms with Crippen molar-refractivity contribution in [3.05, 3.63) is 161 Å². The molecule has 5 aromatic rings. The number of phenols is 1. The summed E-state index contributed by atoms with van der Waals surface area (Å²) in [6, 6.07) is 33.1. The number of carbonyl (C=O) groups excluding carboxylic acids is 2. The van der Waals surface area contributed by atoms with Crippen LogP contribution in [-0.2, 0) is 31.1 Å². The number of amides is 2. The molecule has 1 aromatic heterocycles. The molecule has 8 rings (SSSR count). The van der Waals surface area contributed by atoms with Gasteiger partial charge in [-0.3, -0.25) is 14.6 Å². The predicted molar refractivity (Wildman–Crippen MR) is 234 cm³/mol. The van der Waals surface area contributed by atoms with Crippen LogP contribution in [0, 0.1) is 17.8 Å². The van der Waals surface area contributed by atoms with Crippen molar-refractivity contribution >= 4 is 47.8 Å². The Bertz CT molecular complexity index is 2520. The van der Waals surface area contributed by atoms with Gasteiger partial charge < -0.3 is 14.3 Å². The van der Waals surface area contributed by atoms with Crippen molar-refractivity contribution in [2.45, 2.75) is 63.5 Å². The summed E-state index contributed by atoms with van der Waals surface area (Å²) in [5.41, 5.74) is -0.573. The number of nitrogens with zero attached hydrogens (tertiary/aromatic N) is 2. The maximum atomic E-state index is 14.5. The van der Waals surface area contributed by atoms with Crippen LogP contribution < -0.4 is 15.3 Å². The number of alkyl halides is 6. The zero-order chi connectivity index (χ0) is 45.6. The third kappa shape index (κ3) is 8.46. The van der Waals surface area contributed by atoms with Crippen molar-refractivity contribution in [2.75, 3.05) is 18.1 Å². The first-order chi connectivity index (χ1) is 30.4. The van der Waals surface area contributed by atoms with Gasteiger partial charge in [-0.05, 0) is 93.9 Å². The minimum atomic E-state index is -5.19. The van der Waals surface area contributed by atoms with Crippen LogP contribution >= 0.6 is 0 Å². The molecule has 2 fully saturated rings. The standard InChI is InChI=1S/C50H46F6N2O5Si/c1-48(2,3)64(37-15-6-4-7-16-37,38-17-8-5-9-18-38)63-29-33-25-39-45(47(61)58(46(39)60)36-27-34(49(51,52)53)26-35(28-36)50(54,55)56)40-30-62-43(44(33)40)22-21-31(41-19-12-13-23-57-41)24-32-14-10-11-20-42(32)59/h4-20,23-24,26-28,39-40,43,45,59H,21-22,25,29-30H2,1-3H3/b31-24-/t39-,40+,43-,45-/m1/s1. The summed E-state index contributed by atoms with van der Waals surface area (Å²) in [5, 5.41) is 12.2. The molecule has 2 saturated heterocycles. The lowest BCUT2D eigenvalue weighted by Crippen LogP contribution is -2.66. The topological polar surface area (TPSA) is 89.0 Å². The fourth-order valence-electron chi connectivity index (χ4n) is 9.80. The van der Waals surface area contributed by atoms with Crippen LogP contribution in [0.2, 0.25) is 5.04 Å². The van der Waals surface area contributed by atoms with Gasteiger partial charge in [-0.25, -0.2) is 4.90 Å². The van der Waals surface area contributed by atoms with E-state index in [2.05, 4.69) is 25.8 Å². The van der Waals surface area contributed by atoms with Crippen LogP contribution in [0.4, 0.5) is 32.0 Å². The van der Waals surface area contributed by atoms with Crippen molar-refractivity contribution in [3.8, 4) is 5.75 Å². The van der Waals surface area contributed by atoms with Crippen LogP contribution in [-0.4, -0.2) is 49.5 Å². The first-order valence-corrected chi connectivity index (χ1v) is 22.9. The van der Waals surface area contributed by atoms with E-state index in [1.54, 1.807) is 36.5 Å². The molecule has 4 aromatic carbocycles. The Morgan fingerprint density at radius 2 is 1.39 bits per heavy atom. The van der Waals surface area contributed by atoms with Gasteiger partial charge in [0.1, 0.15) is 5.75 Å². The number of rotatable bonds is 11. The van der Waals surface area contributed by atoms with Crippen LogP contribution in [0.25, 0.3) is 11.6 Å². The molecule has 7 nitrogen and oxygen atoms in total. The third-order valence-corrected chi connectivity index (χ3v) is 17.6. The van der Waals surface area contributed by atoms with E-state index in [-0.39, 0.29) is 31.5 Å². The number of para-hydroxylation sites is 1. The van der Waals surface area contributed by atoms with Gasteiger partial charge in [0.25, 0.3) is 8.32 Å². The molecular formula is C50H46F6N2O5Si. The first kappa shape index (κ1) is 44.8. The molecule has 1 N–H and O–H groups in total. The molecule has 0 unspecified atom stereocenters. The van der Waals surface area contributed by atoms with Crippen molar-refractivity contribution < 1.29 is 50.2 Å². The van der Waals surface area contributed by atoms with E-state index >= 15 is 0 Å². The summed E-state index contributed by atoms with van der Waals surface area (Å²) >= 11 is 0. The highest BCUT2D eigenvalue weighted by Gasteiger charge is 2.58. The molecule has 2 aliphatic heterocycles. The highest BCUT2D eigenvalue weighted by molar-refractivity contribution is 6.99. The van der Waals surface area contributed by atoms with Crippen molar-refractivity contribution in [3.63, 3.8) is 0 Å². The Morgan fingerprint density at radius 1 is 0.797 bits per heavy atom. The maximum absolute atomic E-state index is 14.5. The van der Waals surface area contributed by atoms with Crippen LogP contribution in [0.1, 0.15) is 62.4 Å². The number of hydrogen-bond donors (Lipinski definition) is 1.